The van der Waals surface area contributed by atoms with Crippen molar-refractivity contribution in [2.24, 2.45) is 0 Å². The fourth-order valence-electron chi connectivity index (χ4n) is 2.04. The summed E-state index contributed by atoms with van der Waals surface area (Å²) < 4.78 is 32.5. The van der Waals surface area contributed by atoms with E-state index in [1.54, 1.807) is 19.1 Å². The molecule has 2 aromatic rings. The van der Waals surface area contributed by atoms with Gasteiger partial charge in [0.2, 0.25) is 10.0 Å². The Labute approximate surface area is 159 Å². The van der Waals surface area contributed by atoms with Crippen LogP contribution >= 0.6 is 34.5 Å². The molecule has 0 fully saturated rings. The van der Waals surface area contributed by atoms with E-state index >= 15 is 0 Å². The van der Waals surface area contributed by atoms with E-state index in [4.69, 9.17) is 27.9 Å². The van der Waals surface area contributed by atoms with E-state index in [9.17, 15) is 18.3 Å². The minimum Gasteiger partial charge on any atom is -0.508 e. The molecule has 0 unspecified atom stereocenters. The molecular formula is C15H15Cl2NO5S2. The van der Waals surface area contributed by atoms with Gasteiger partial charge in [0.1, 0.15) is 21.0 Å². The molecule has 0 radical (unpaired) electrons. The monoisotopic (exact) mass is 423 g/mol. The van der Waals surface area contributed by atoms with Gasteiger partial charge in [0.25, 0.3) is 0 Å². The molecule has 0 bridgehead atoms. The Balaban J connectivity index is 2.27. The third kappa shape index (κ3) is 5.32. The number of esters is 1. The highest BCUT2D eigenvalue weighted by atomic mass is 35.5. The summed E-state index contributed by atoms with van der Waals surface area (Å²) in [5.41, 5.74) is 0.646. The Hall–Kier alpha value is -1.32. The highest BCUT2D eigenvalue weighted by molar-refractivity contribution is 7.89. The number of benzene rings is 1. The van der Waals surface area contributed by atoms with Crippen molar-refractivity contribution in [2.75, 3.05) is 6.61 Å². The van der Waals surface area contributed by atoms with Crippen LogP contribution in [0.15, 0.2) is 35.2 Å². The third-order valence-corrected chi connectivity index (χ3v) is 6.38. The zero-order valence-electron chi connectivity index (χ0n) is 13.0. The maximum absolute atomic E-state index is 12.5. The largest absolute Gasteiger partial charge is 0.508 e. The lowest BCUT2D eigenvalue weighted by molar-refractivity contribution is -0.145. The van der Waals surface area contributed by atoms with Crippen LogP contribution < -0.4 is 4.72 Å². The van der Waals surface area contributed by atoms with Crippen molar-refractivity contribution in [1.82, 2.24) is 4.72 Å². The third-order valence-electron chi connectivity index (χ3n) is 3.16. The van der Waals surface area contributed by atoms with Gasteiger partial charge in [-0.3, -0.25) is 4.79 Å². The minimum absolute atomic E-state index is 0.00439. The first kappa shape index (κ1) is 20.0. The van der Waals surface area contributed by atoms with Gasteiger partial charge < -0.3 is 9.84 Å². The van der Waals surface area contributed by atoms with Crippen molar-refractivity contribution in [2.45, 2.75) is 24.3 Å². The first-order valence-electron chi connectivity index (χ1n) is 7.14. The summed E-state index contributed by atoms with van der Waals surface area (Å²) in [4.78, 5) is 12.0. The zero-order valence-corrected chi connectivity index (χ0v) is 16.2. The molecule has 1 aromatic heterocycles. The highest BCUT2D eigenvalue weighted by Gasteiger charge is 2.29. The van der Waals surface area contributed by atoms with Gasteiger partial charge >= 0.3 is 5.97 Å². The summed E-state index contributed by atoms with van der Waals surface area (Å²) >= 11 is 12.6. The number of carbonyl (C=O) groups excluding carboxylic acids is 1. The van der Waals surface area contributed by atoms with Gasteiger partial charge in [0.05, 0.1) is 10.9 Å². The first-order valence-corrected chi connectivity index (χ1v) is 10.2. The fourth-order valence-corrected chi connectivity index (χ4v) is 5.38. The summed E-state index contributed by atoms with van der Waals surface area (Å²) in [6, 6.07) is 6.14. The molecule has 0 saturated heterocycles. The summed E-state index contributed by atoms with van der Waals surface area (Å²) in [5.74, 6) is -0.645. The molecule has 0 saturated carbocycles. The van der Waals surface area contributed by atoms with Crippen LogP contribution in [0.5, 0.6) is 5.75 Å². The SMILES string of the molecule is CCOC(=O)[C@H](Cc1ccc(O)cc1)NS(=O)(=O)c1cc(Cl)sc1Cl. The summed E-state index contributed by atoms with van der Waals surface area (Å²) in [7, 11) is -4.07. The lowest BCUT2D eigenvalue weighted by Gasteiger charge is -2.17. The number of hydrogen-bond donors (Lipinski definition) is 2. The number of halogens is 2. The first-order chi connectivity index (χ1) is 11.7. The van der Waals surface area contributed by atoms with E-state index in [1.165, 1.54) is 18.2 Å². The fraction of sp³-hybridized carbons (Fsp3) is 0.267. The van der Waals surface area contributed by atoms with Crippen LogP contribution in [-0.4, -0.2) is 32.1 Å². The van der Waals surface area contributed by atoms with Crippen LogP contribution in [0.3, 0.4) is 0 Å². The lowest BCUT2D eigenvalue weighted by Crippen LogP contribution is -2.43. The molecule has 2 N–H and O–H groups in total. The molecule has 0 aliphatic rings. The van der Waals surface area contributed by atoms with E-state index in [0.29, 0.717) is 5.56 Å². The van der Waals surface area contributed by atoms with Crippen LogP contribution in [-0.2, 0) is 26.0 Å². The number of carbonyl (C=O) groups is 1. The predicted molar refractivity (Wildman–Crippen MR) is 96.9 cm³/mol. The van der Waals surface area contributed by atoms with Crippen molar-refractivity contribution in [3.05, 3.63) is 44.6 Å². The van der Waals surface area contributed by atoms with Gasteiger partial charge in [0.15, 0.2) is 0 Å². The molecule has 25 heavy (non-hydrogen) atoms. The molecule has 0 aliphatic heterocycles. The summed E-state index contributed by atoms with van der Waals surface area (Å²) in [6.07, 6.45) is 0.0494. The number of thiophene rings is 1. The molecule has 6 nitrogen and oxygen atoms in total. The highest BCUT2D eigenvalue weighted by Crippen LogP contribution is 2.34. The second-order valence-corrected chi connectivity index (χ2v) is 8.95. The standard InChI is InChI=1S/C15H15Cl2NO5S2/c1-2-23-15(20)11(7-9-3-5-10(19)6-4-9)18-25(21,22)12-8-13(16)24-14(12)17/h3-6,8,11,18-19H,2,7H2,1H3/t11-/m0/s1. The maximum atomic E-state index is 12.5. The molecule has 10 heteroatoms. The average molecular weight is 424 g/mol. The number of ether oxygens (including phenoxy) is 1. The van der Waals surface area contributed by atoms with E-state index in [-0.39, 0.29) is 32.3 Å². The van der Waals surface area contributed by atoms with Gasteiger partial charge in [-0.2, -0.15) is 4.72 Å². The van der Waals surface area contributed by atoms with Crippen LogP contribution in [0.2, 0.25) is 8.67 Å². The molecule has 1 atom stereocenters. The molecule has 2 rings (SSSR count). The van der Waals surface area contributed by atoms with Crippen LogP contribution in [0.25, 0.3) is 0 Å². The van der Waals surface area contributed by atoms with Crippen LogP contribution in [0, 0.1) is 0 Å². The normalized spacial score (nSPS) is 12.8. The second kappa shape index (κ2) is 8.37. The molecule has 0 aliphatic carbocycles. The average Bonchev–Trinajstić information content (AvgIpc) is 2.88. The zero-order chi connectivity index (χ0) is 18.6. The van der Waals surface area contributed by atoms with Gasteiger partial charge in [-0.05, 0) is 37.1 Å². The predicted octanol–water partition coefficient (Wildman–Crippen LogP) is 3.21. The summed E-state index contributed by atoms with van der Waals surface area (Å²) in [5, 5.41) is 9.32. The smallest absolute Gasteiger partial charge is 0.324 e. The van der Waals surface area contributed by atoms with Crippen molar-refractivity contribution in [3.8, 4) is 5.75 Å². The van der Waals surface area contributed by atoms with Gasteiger partial charge in [0, 0.05) is 0 Å². The Kier molecular flexibility index (Phi) is 6.70. The number of aromatic hydroxyl groups is 1. The Morgan fingerprint density at radius 1 is 1.32 bits per heavy atom. The number of sulfonamides is 1. The van der Waals surface area contributed by atoms with Gasteiger partial charge in [-0.15, -0.1) is 11.3 Å². The molecule has 1 aromatic carbocycles. The Morgan fingerprint density at radius 2 is 1.96 bits per heavy atom. The molecular weight excluding hydrogens is 409 g/mol. The molecule has 0 amide bonds. The second-order valence-electron chi connectivity index (χ2n) is 4.98. The lowest BCUT2D eigenvalue weighted by atomic mass is 10.1. The van der Waals surface area contributed by atoms with E-state index in [1.807, 2.05) is 0 Å². The topological polar surface area (TPSA) is 92.7 Å². The summed E-state index contributed by atoms with van der Waals surface area (Å²) in [6.45, 7) is 1.73. The van der Waals surface area contributed by atoms with Crippen LogP contribution in [0.1, 0.15) is 12.5 Å². The van der Waals surface area contributed by atoms with Crippen LogP contribution in [0.4, 0.5) is 0 Å². The Bertz CT molecular complexity index is 849. The van der Waals surface area contributed by atoms with Crippen molar-refractivity contribution in [1.29, 1.82) is 0 Å². The quantitative estimate of drug-likeness (QED) is 0.666. The Morgan fingerprint density at radius 3 is 2.48 bits per heavy atom. The van der Waals surface area contributed by atoms with Crippen molar-refractivity contribution in [3.63, 3.8) is 0 Å². The van der Waals surface area contributed by atoms with Crippen molar-refractivity contribution >= 4 is 50.5 Å². The van der Waals surface area contributed by atoms with Gasteiger partial charge in [-0.1, -0.05) is 35.3 Å². The van der Waals surface area contributed by atoms with Crippen molar-refractivity contribution < 1.29 is 23.1 Å². The van der Waals surface area contributed by atoms with E-state index < -0.39 is 22.0 Å². The van der Waals surface area contributed by atoms with Gasteiger partial charge in [-0.25, -0.2) is 8.42 Å². The molecule has 1 heterocycles. The number of hydrogen-bond acceptors (Lipinski definition) is 6. The van der Waals surface area contributed by atoms with E-state index in [0.717, 1.165) is 11.3 Å². The number of nitrogens with one attached hydrogen (secondary N) is 1. The minimum atomic E-state index is -4.07. The van der Waals surface area contributed by atoms with E-state index in [2.05, 4.69) is 4.72 Å². The number of phenolic OH excluding ortho intramolecular Hbond substituents is 1. The molecule has 0 spiro atoms. The maximum Gasteiger partial charge on any atom is 0.324 e. The number of phenols is 1. The number of rotatable bonds is 7. The molecule has 136 valence electrons.